The molecule has 0 spiro atoms. The van der Waals surface area contributed by atoms with Gasteiger partial charge in [-0.2, -0.15) is 13.2 Å². The molecule has 0 aliphatic carbocycles. The smallest absolute Gasteiger partial charge is 0.377 e. The number of rotatable bonds is 2. The normalized spacial score (nSPS) is 11.5. The minimum Gasteiger partial charge on any atom is -0.377 e. The molecule has 2 aromatic rings. The Hall–Kier alpha value is -2.04. The van der Waals surface area contributed by atoms with Crippen molar-refractivity contribution in [2.45, 2.75) is 6.18 Å². The molecule has 0 aromatic heterocycles. The van der Waals surface area contributed by atoms with Crippen LogP contribution < -0.4 is 4.90 Å². The number of anilines is 1. The van der Waals surface area contributed by atoms with Gasteiger partial charge in [-0.1, -0.05) is 24.3 Å². The zero-order valence-electron chi connectivity index (χ0n) is 11.0. The average molecular weight is 283 g/mol. The molecule has 0 saturated heterocycles. The summed E-state index contributed by atoms with van der Waals surface area (Å²) in [6.07, 6.45) is -4.53. The van der Waals surface area contributed by atoms with Crippen LogP contribution in [0, 0.1) is 5.82 Å². The Labute approximate surface area is 114 Å². The number of hydrogen-bond donors (Lipinski definition) is 0. The Morgan fingerprint density at radius 1 is 0.900 bits per heavy atom. The zero-order chi connectivity index (χ0) is 14.9. The number of hydrogen-bond acceptors (Lipinski definition) is 1. The number of benzene rings is 2. The molecule has 0 aliphatic heterocycles. The van der Waals surface area contributed by atoms with Crippen LogP contribution in [0.1, 0.15) is 5.56 Å². The third-order valence-electron chi connectivity index (χ3n) is 2.98. The number of nitrogens with zero attached hydrogens (tertiary/aromatic N) is 1. The maximum Gasteiger partial charge on any atom is 0.417 e. The summed E-state index contributed by atoms with van der Waals surface area (Å²) in [7, 11) is 3.32. The molecule has 1 nitrogen and oxygen atoms in total. The van der Waals surface area contributed by atoms with Gasteiger partial charge in [-0.05, 0) is 23.8 Å². The van der Waals surface area contributed by atoms with Crippen molar-refractivity contribution in [1.82, 2.24) is 0 Å². The van der Waals surface area contributed by atoms with Crippen molar-refractivity contribution in [3.63, 3.8) is 0 Å². The standard InChI is InChI=1S/C15H13F4N/c1-20(2)13-9-5-8-12(16)14(13)10-6-3-4-7-11(10)15(17,18)19/h3-9H,1-2H3. The Morgan fingerprint density at radius 3 is 2.15 bits per heavy atom. The fraction of sp³-hybridized carbons (Fsp3) is 0.200. The van der Waals surface area contributed by atoms with Crippen molar-refractivity contribution >= 4 is 5.69 Å². The van der Waals surface area contributed by atoms with Gasteiger partial charge in [-0.15, -0.1) is 0 Å². The van der Waals surface area contributed by atoms with Crippen LogP contribution in [0.3, 0.4) is 0 Å². The second-order valence-corrected chi connectivity index (χ2v) is 4.57. The zero-order valence-corrected chi connectivity index (χ0v) is 11.0. The fourth-order valence-electron chi connectivity index (χ4n) is 2.10. The highest BCUT2D eigenvalue weighted by Crippen LogP contribution is 2.41. The van der Waals surface area contributed by atoms with Gasteiger partial charge in [0.1, 0.15) is 5.82 Å². The van der Waals surface area contributed by atoms with Crippen LogP contribution in [0.4, 0.5) is 23.2 Å². The van der Waals surface area contributed by atoms with E-state index in [9.17, 15) is 17.6 Å². The van der Waals surface area contributed by atoms with E-state index in [0.29, 0.717) is 5.69 Å². The molecule has 2 rings (SSSR count). The molecule has 20 heavy (non-hydrogen) atoms. The fourth-order valence-corrected chi connectivity index (χ4v) is 2.10. The van der Waals surface area contributed by atoms with Gasteiger partial charge in [0, 0.05) is 25.3 Å². The van der Waals surface area contributed by atoms with Crippen LogP contribution in [0.2, 0.25) is 0 Å². The van der Waals surface area contributed by atoms with Crippen molar-refractivity contribution in [3.8, 4) is 11.1 Å². The third-order valence-corrected chi connectivity index (χ3v) is 2.98. The first-order valence-corrected chi connectivity index (χ1v) is 5.95. The summed E-state index contributed by atoms with van der Waals surface area (Å²) in [5.41, 5.74) is -0.623. The molecule has 0 aliphatic rings. The minimum absolute atomic E-state index is 0.0366. The van der Waals surface area contributed by atoms with E-state index in [2.05, 4.69) is 0 Å². The summed E-state index contributed by atoms with van der Waals surface area (Å²) in [6.45, 7) is 0. The van der Waals surface area contributed by atoms with Gasteiger partial charge in [0.25, 0.3) is 0 Å². The van der Waals surface area contributed by atoms with Gasteiger partial charge < -0.3 is 4.90 Å². The maximum atomic E-state index is 14.1. The largest absolute Gasteiger partial charge is 0.417 e. The third kappa shape index (κ3) is 2.61. The SMILES string of the molecule is CN(C)c1cccc(F)c1-c1ccccc1C(F)(F)F. The van der Waals surface area contributed by atoms with Gasteiger partial charge in [-0.3, -0.25) is 0 Å². The predicted octanol–water partition coefficient (Wildman–Crippen LogP) is 4.58. The minimum atomic E-state index is -4.53. The molecule has 0 saturated carbocycles. The van der Waals surface area contributed by atoms with Gasteiger partial charge in [0.2, 0.25) is 0 Å². The van der Waals surface area contributed by atoms with Crippen molar-refractivity contribution in [1.29, 1.82) is 0 Å². The first-order chi connectivity index (χ1) is 9.32. The average Bonchev–Trinajstić information content (AvgIpc) is 2.37. The van der Waals surface area contributed by atoms with Crippen LogP contribution >= 0.6 is 0 Å². The first-order valence-electron chi connectivity index (χ1n) is 5.95. The molecule has 0 fully saturated rings. The molecule has 2 aromatic carbocycles. The van der Waals surface area contributed by atoms with Crippen LogP contribution in [0.5, 0.6) is 0 Å². The Morgan fingerprint density at radius 2 is 1.55 bits per heavy atom. The van der Waals surface area contributed by atoms with E-state index in [4.69, 9.17) is 0 Å². The Balaban J connectivity index is 2.76. The molecule has 0 bridgehead atoms. The van der Waals surface area contributed by atoms with Gasteiger partial charge in [-0.25, -0.2) is 4.39 Å². The molecule has 0 N–H and O–H groups in total. The summed E-state index contributed by atoms with van der Waals surface area (Å²) in [5, 5.41) is 0. The molecule has 106 valence electrons. The Kier molecular flexibility index (Phi) is 3.70. The molecular weight excluding hydrogens is 270 g/mol. The van der Waals surface area contributed by atoms with Crippen LogP contribution in [-0.2, 0) is 6.18 Å². The lowest BCUT2D eigenvalue weighted by atomic mass is 9.97. The quantitative estimate of drug-likeness (QED) is 0.729. The molecule has 0 amide bonds. The molecule has 0 heterocycles. The predicted molar refractivity (Wildman–Crippen MR) is 71.2 cm³/mol. The highest BCUT2D eigenvalue weighted by atomic mass is 19.4. The van der Waals surface area contributed by atoms with Crippen LogP contribution in [0.25, 0.3) is 11.1 Å². The molecule has 0 atom stereocenters. The van der Waals surface area contributed by atoms with Gasteiger partial charge >= 0.3 is 6.18 Å². The highest BCUT2D eigenvalue weighted by molar-refractivity contribution is 5.81. The lowest BCUT2D eigenvalue weighted by molar-refractivity contribution is -0.137. The van der Waals surface area contributed by atoms with E-state index in [1.54, 1.807) is 25.1 Å². The van der Waals surface area contributed by atoms with E-state index >= 15 is 0 Å². The molecular formula is C15H13F4N. The van der Waals surface area contributed by atoms with Crippen LogP contribution in [-0.4, -0.2) is 14.1 Å². The Bertz CT molecular complexity index is 618. The van der Waals surface area contributed by atoms with E-state index in [1.807, 2.05) is 0 Å². The molecule has 0 unspecified atom stereocenters. The summed E-state index contributed by atoms with van der Waals surface area (Å²) >= 11 is 0. The van der Waals surface area contributed by atoms with E-state index in [-0.39, 0.29) is 11.1 Å². The molecule has 5 heteroatoms. The summed E-state index contributed by atoms with van der Waals surface area (Å²) < 4.78 is 53.3. The summed E-state index contributed by atoms with van der Waals surface area (Å²) in [6, 6.07) is 9.24. The van der Waals surface area contributed by atoms with Crippen molar-refractivity contribution < 1.29 is 17.6 Å². The van der Waals surface area contributed by atoms with Gasteiger partial charge in [0.05, 0.1) is 5.56 Å². The van der Waals surface area contributed by atoms with E-state index in [0.717, 1.165) is 12.1 Å². The van der Waals surface area contributed by atoms with E-state index in [1.165, 1.54) is 24.3 Å². The second kappa shape index (κ2) is 5.15. The van der Waals surface area contributed by atoms with Crippen molar-refractivity contribution in [2.24, 2.45) is 0 Å². The first kappa shape index (κ1) is 14.4. The van der Waals surface area contributed by atoms with Crippen molar-refractivity contribution in [2.75, 3.05) is 19.0 Å². The topological polar surface area (TPSA) is 3.24 Å². The summed E-state index contributed by atoms with van der Waals surface area (Å²) in [4.78, 5) is 1.59. The maximum absolute atomic E-state index is 14.1. The second-order valence-electron chi connectivity index (χ2n) is 4.57. The van der Waals surface area contributed by atoms with Gasteiger partial charge in [0.15, 0.2) is 0 Å². The monoisotopic (exact) mass is 283 g/mol. The van der Waals surface area contributed by atoms with Crippen molar-refractivity contribution in [3.05, 3.63) is 53.8 Å². The lowest BCUT2D eigenvalue weighted by Crippen LogP contribution is -2.13. The number of halogens is 4. The van der Waals surface area contributed by atoms with E-state index < -0.39 is 17.6 Å². The highest BCUT2D eigenvalue weighted by Gasteiger charge is 2.34. The molecule has 0 radical (unpaired) electrons. The summed E-state index contributed by atoms with van der Waals surface area (Å²) in [5.74, 6) is -0.673. The van der Waals surface area contributed by atoms with Crippen LogP contribution in [0.15, 0.2) is 42.5 Å². The lowest BCUT2D eigenvalue weighted by Gasteiger charge is -2.20. The number of alkyl halides is 3.